The van der Waals surface area contributed by atoms with Gasteiger partial charge in [-0.2, -0.15) is 0 Å². The first-order chi connectivity index (χ1) is 9.10. The second-order valence-electron chi connectivity index (χ2n) is 5.58. The molecule has 2 saturated heterocycles. The van der Waals surface area contributed by atoms with Crippen molar-refractivity contribution >= 4 is 0 Å². The number of aliphatic hydroxyl groups is 1. The molecule has 0 aromatic carbocycles. The maximum atomic E-state index is 9.90. The number of rotatable bonds is 5. The van der Waals surface area contributed by atoms with Crippen molar-refractivity contribution in [2.45, 2.75) is 63.1 Å². The molecule has 0 radical (unpaired) electrons. The van der Waals surface area contributed by atoms with Crippen LogP contribution < -0.4 is 5.73 Å². The van der Waals surface area contributed by atoms with Crippen LogP contribution in [0.5, 0.6) is 0 Å². The molecule has 2 heterocycles. The monoisotopic (exact) mass is 267 g/mol. The molecule has 0 bridgehead atoms. The second-order valence-corrected chi connectivity index (χ2v) is 5.58. The lowest BCUT2D eigenvalue weighted by Gasteiger charge is -2.18. The molecule has 2 fully saturated rings. The zero-order valence-corrected chi connectivity index (χ0v) is 11.6. The molecule has 0 spiro atoms. The predicted octanol–water partition coefficient (Wildman–Crippen LogP) is 1.53. The lowest BCUT2D eigenvalue weighted by molar-refractivity contribution is -0.00479. The predicted molar refractivity (Wildman–Crippen MR) is 74.8 cm³/mol. The SMILES string of the molecule is C=C(C)C(O)C1CCC(/C=C\C2CCC(CN)O2)O1. The first kappa shape index (κ1) is 14.7. The molecular weight excluding hydrogens is 242 g/mol. The summed E-state index contributed by atoms with van der Waals surface area (Å²) in [7, 11) is 0. The maximum Gasteiger partial charge on any atom is 0.101 e. The van der Waals surface area contributed by atoms with Gasteiger partial charge in [0.25, 0.3) is 0 Å². The quantitative estimate of drug-likeness (QED) is 0.742. The average Bonchev–Trinajstić information content (AvgIpc) is 3.04. The molecule has 19 heavy (non-hydrogen) atoms. The molecule has 5 unspecified atom stereocenters. The lowest BCUT2D eigenvalue weighted by Crippen LogP contribution is -2.26. The van der Waals surface area contributed by atoms with Crippen LogP contribution in [-0.2, 0) is 9.47 Å². The summed E-state index contributed by atoms with van der Waals surface area (Å²) >= 11 is 0. The Hall–Kier alpha value is -0.680. The van der Waals surface area contributed by atoms with Crippen LogP contribution in [0.3, 0.4) is 0 Å². The minimum absolute atomic E-state index is 0.0829. The van der Waals surface area contributed by atoms with Crippen LogP contribution in [0, 0.1) is 0 Å². The van der Waals surface area contributed by atoms with Crippen molar-refractivity contribution in [2.24, 2.45) is 5.73 Å². The third kappa shape index (κ3) is 3.89. The molecule has 0 aliphatic carbocycles. The highest BCUT2D eigenvalue weighted by atomic mass is 16.5. The molecule has 2 aliphatic rings. The van der Waals surface area contributed by atoms with Crippen LogP contribution in [0.15, 0.2) is 24.3 Å². The largest absolute Gasteiger partial charge is 0.386 e. The van der Waals surface area contributed by atoms with E-state index in [1.807, 2.05) is 6.92 Å². The first-order valence-electron chi connectivity index (χ1n) is 7.13. The summed E-state index contributed by atoms with van der Waals surface area (Å²) in [6.07, 6.45) is 7.81. The van der Waals surface area contributed by atoms with Crippen LogP contribution >= 0.6 is 0 Å². The number of ether oxygens (including phenoxy) is 2. The molecule has 0 aromatic rings. The molecular formula is C15H25NO3. The lowest BCUT2D eigenvalue weighted by atomic mass is 10.0. The fraction of sp³-hybridized carbons (Fsp3) is 0.733. The van der Waals surface area contributed by atoms with Crippen molar-refractivity contribution in [3.63, 3.8) is 0 Å². The minimum Gasteiger partial charge on any atom is -0.386 e. The summed E-state index contributed by atoms with van der Waals surface area (Å²) in [5.41, 5.74) is 6.35. The number of hydrogen-bond acceptors (Lipinski definition) is 4. The van der Waals surface area contributed by atoms with E-state index in [-0.39, 0.29) is 24.4 Å². The third-order valence-electron chi connectivity index (χ3n) is 3.89. The Morgan fingerprint density at radius 2 is 1.89 bits per heavy atom. The highest BCUT2D eigenvalue weighted by Crippen LogP contribution is 2.26. The molecule has 5 atom stereocenters. The van der Waals surface area contributed by atoms with Crippen molar-refractivity contribution in [2.75, 3.05) is 6.54 Å². The highest BCUT2D eigenvalue weighted by Gasteiger charge is 2.30. The van der Waals surface area contributed by atoms with E-state index < -0.39 is 6.10 Å². The number of hydrogen-bond donors (Lipinski definition) is 2. The van der Waals surface area contributed by atoms with Crippen LogP contribution in [0.1, 0.15) is 32.6 Å². The van der Waals surface area contributed by atoms with Gasteiger partial charge in [-0.05, 0) is 38.2 Å². The fourth-order valence-corrected chi connectivity index (χ4v) is 2.68. The van der Waals surface area contributed by atoms with Gasteiger partial charge in [-0.25, -0.2) is 0 Å². The van der Waals surface area contributed by atoms with E-state index in [9.17, 15) is 5.11 Å². The Morgan fingerprint density at radius 1 is 1.26 bits per heavy atom. The van der Waals surface area contributed by atoms with Crippen LogP contribution in [-0.4, -0.2) is 42.2 Å². The molecule has 0 amide bonds. The van der Waals surface area contributed by atoms with Gasteiger partial charge in [-0.3, -0.25) is 0 Å². The standard InChI is InChI=1S/C15H25NO3/c1-10(2)15(17)14-8-7-12(19-14)4-3-11-5-6-13(9-16)18-11/h3-4,11-15,17H,1,5-9,16H2,2H3/b4-3-. The van der Waals surface area contributed by atoms with E-state index >= 15 is 0 Å². The number of nitrogens with two attached hydrogens (primary N) is 1. The molecule has 4 heteroatoms. The van der Waals surface area contributed by atoms with Crippen molar-refractivity contribution in [3.05, 3.63) is 24.3 Å². The Morgan fingerprint density at radius 3 is 2.47 bits per heavy atom. The fourth-order valence-electron chi connectivity index (χ4n) is 2.68. The molecule has 108 valence electrons. The van der Waals surface area contributed by atoms with Gasteiger partial charge in [0, 0.05) is 6.54 Å². The van der Waals surface area contributed by atoms with E-state index in [4.69, 9.17) is 15.2 Å². The molecule has 2 rings (SSSR count). The van der Waals surface area contributed by atoms with Crippen LogP contribution in [0.25, 0.3) is 0 Å². The van der Waals surface area contributed by atoms with Gasteiger partial charge in [0.2, 0.25) is 0 Å². The zero-order valence-electron chi connectivity index (χ0n) is 11.6. The van der Waals surface area contributed by atoms with E-state index in [0.717, 1.165) is 31.3 Å². The number of aliphatic hydroxyl groups excluding tert-OH is 1. The first-order valence-corrected chi connectivity index (χ1v) is 7.13. The third-order valence-corrected chi connectivity index (χ3v) is 3.89. The second kappa shape index (κ2) is 6.66. The van der Waals surface area contributed by atoms with Gasteiger partial charge < -0.3 is 20.3 Å². The highest BCUT2D eigenvalue weighted by molar-refractivity contribution is 5.05. The molecule has 3 N–H and O–H groups in total. The molecule has 2 aliphatic heterocycles. The molecule has 0 aromatic heterocycles. The van der Waals surface area contributed by atoms with Crippen LogP contribution in [0.2, 0.25) is 0 Å². The van der Waals surface area contributed by atoms with Gasteiger partial charge in [0.1, 0.15) is 6.10 Å². The van der Waals surface area contributed by atoms with Gasteiger partial charge in [-0.15, -0.1) is 0 Å². The average molecular weight is 267 g/mol. The normalized spacial score (nSPS) is 37.0. The van der Waals surface area contributed by atoms with Gasteiger partial charge in [-0.1, -0.05) is 18.7 Å². The van der Waals surface area contributed by atoms with E-state index in [1.54, 1.807) is 0 Å². The summed E-state index contributed by atoms with van der Waals surface area (Å²) in [5, 5.41) is 9.90. The minimum atomic E-state index is -0.553. The van der Waals surface area contributed by atoms with Crippen LogP contribution in [0.4, 0.5) is 0 Å². The Kier molecular flexibility index (Phi) is 5.16. The smallest absolute Gasteiger partial charge is 0.101 e. The molecule has 4 nitrogen and oxygen atoms in total. The summed E-state index contributed by atoms with van der Waals surface area (Å²) in [6.45, 7) is 6.20. The van der Waals surface area contributed by atoms with Gasteiger partial charge in [0.15, 0.2) is 0 Å². The van der Waals surface area contributed by atoms with Crippen molar-refractivity contribution < 1.29 is 14.6 Å². The summed E-state index contributed by atoms with van der Waals surface area (Å²) in [6, 6.07) is 0. The maximum absolute atomic E-state index is 9.90. The Balaban J connectivity index is 1.77. The van der Waals surface area contributed by atoms with E-state index in [0.29, 0.717) is 6.54 Å². The summed E-state index contributed by atoms with van der Waals surface area (Å²) in [5.74, 6) is 0. The Labute approximate surface area is 115 Å². The summed E-state index contributed by atoms with van der Waals surface area (Å²) in [4.78, 5) is 0. The van der Waals surface area contributed by atoms with Crippen molar-refractivity contribution in [1.82, 2.24) is 0 Å². The van der Waals surface area contributed by atoms with E-state index in [2.05, 4.69) is 18.7 Å². The zero-order chi connectivity index (χ0) is 13.8. The van der Waals surface area contributed by atoms with Gasteiger partial charge >= 0.3 is 0 Å². The van der Waals surface area contributed by atoms with E-state index in [1.165, 1.54) is 0 Å². The Bertz CT molecular complexity index is 342. The van der Waals surface area contributed by atoms with Gasteiger partial charge in [0.05, 0.1) is 24.4 Å². The topological polar surface area (TPSA) is 64.7 Å². The van der Waals surface area contributed by atoms with Crippen molar-refractivity contribution in [1.29, 1.82) is 0 Å². The summed E-state index contributed by atoms with van der Waals surface area (Å²) < 4.78 is 11.6. The molecule has 0 saturated carbocycles. The van der Waals surface area contributed by atoms with Crippen molar-refractivity contribution in [3.8, 4) is 0 Å².